The summed E-state index contributed by atoms with van der Waals surface area (Å²) >= 11 is 5.68. The second-order valence-electron chi connectivity index (χ2n) is 2.51. The number of hydrogen-bond acceptors (Lipinski definition) is 3. The highest BCUT2D eigenvalue weighted by molar-refractivity contribution is 6.29. The van der Waals surface area contributed by atoms with Crippen LogP contribution in [0.1, 0.15) is 0 Å². The van der Waals surface area contributed by atoms with Gasteiger partial charge in [-0.3, -0.25) is 4.68 Å². The van der Waals surface area contributed by atoms with Crippen LogP contribution >= 0.6 is 11.6 Å². The third-order valence-corrected chi connectivity index (χ3v) is 1.92. The predicted molar refractivity (Wildman–Crippen MR) is 47.9 cm³/mol. The summed E-state index contributed by atoms with van der Waals surface area (Å²) in [5.74, 6) is 0.606. The van der Waals surface area contributed by atoms with Crippen LogP contribution in [0.4, 0.5) is 5.82 Å². The fourth-order valence-electron chi connectivity index (χ4n) is 1.07. The summed E-state index contributed by atoms with van der Waals surface area (Å²) in [6.45, 7) is 0. The van der Waals surface area contributed by atoms with E-state index in [1.54, 1.807) is 17.8 Å². The van der Waals surface area contributed by atoms with Crippen LogP contribution in [0.15, 0.2) is 12.1 Å². The van der Waals surface area contributed by atoms with Crippen molar-refractivity contribution in [2.75, 3.05) is 5.73 Å². The molecule has 0 atom stereocenters. The van der Waals surface area contributed by atoms with E-state index in [0.29, 0.717) is 16.6 Å². The summed E-state index contributed by atoms with van der Waals surface area (Å²) in [6.07, 6.45) is 0. The summed E-state index contributed by atoms with van der Waals surface area (Å²) in [5, 5.41) is 5.34. The molecule has 0 saturated heterocycles. The van der Waals surface area contributed by atoms with Crippen LogP contribution in [0.2, 0.25) is 5.15 Å². The average Bonchev–Trinajstić information content (AvgIpc) is 2.28. The summed E-state index contributed by atoms with van der Waals surface area (Å²) in [6, 6.07) is 3.51. The molecule has 0 bridgehead atoms. The minimum atomic E-state index is 0.431. The number of hydrogen-bond donors (Lipinski definition) is 1. The first kappa shape index (κ1) is 7.36. The molecule has 0 amide bonds. The van der Waals surface area contributed by atoms with Crippen molar-refractivity contribution in [3.05, 3.63) is 17.3 Å². The van der Waals surface area contributed by atoms with Crippen molar-refractivity contribution < 1.29 is 0 Å². The largest absolute Gasteiger partial charge is 0.383 e. The van der Waals surface area contributed by atoms with Gasteiger partial charge >= 0.3 is 0 Å². The number of fused-ring (bicyclic) bond motifs is 1. The minimum Gasteiger partial charge on any atom is -0.383 e. The van der Waals surface area contributed by atoms with E-state index in [1.807, 2.05) is 6.07 Å². The topological polar surface area (TPSA) is 56.7 Å². The lowest BCUT2D eigenvalue weighted by Crippen LogP contribution is -1.96. The van der Waals surface area contributed by atoms with Gasteiger partial charge in [0, 0.05) is 7.05 Å². The Morgan fingerprint density at radius 2 is 2.25 bits per heavy atom. The molecular weight excluding hydrogens is 176 g/mol. The molecule has 2 N–H and O–H groups in total. The number of anilines is 1. The molecule has 0 fully saturated rings. The Bertz CT molecular complexity index is 434. The molecule has 0 saturated carbocycles. The molecule has 0 unspecified atom stereocenters. The SMILES string of the molecule is Cn1nc2nc(Cl)ccc2c1N. The highest BCUT2D eigenvalue weighted by atomic mass is 35.5. The van der Waals surface area contributed by atoms with E-state index in [2.05, 4.69) is 10.1 Å². The van der Waals surface area contributed by atoms with Crippen LogP contribution in [0, 0.1) is 0 Å². The van der Waals surface area contributed by atoms with Crippen LogP contribution in [-0.2, 0) is 7.05 Å². The van der Waals surface area contributed by atoms with Crippen molar-refractivity contribution in [2.45, 2.75) is 0 Å². The zero-order chi connectivity index (χ0) is 8.72. The van der Waals surface area contributed by atoms with Crippen molar-refractivity contribution in [1.82, 2.24) is 14.8 Å². The Hall–Kier alpha value is -1.29. The van der Waals surface area contributed by atoms with Gasteiger partial charge in [-0.1, -0.05) is 11.6 Å². The number of rotatable bonds is 0. The third kappa shape index (κ3) is 0.921. The summed E-state index contributed by atoms with van der Waals surface area (Å²) in [4.78, 5) is 4.01. The van der Waals surface area contributed by atoms with Gasteiger partial charge in [0.15, 0.2) is 5.65 Å². The van der Waals surface area contributed by atoms with Gasteiger partial charge < -0.3 is 5.73 Å². The number of halogens is 1. The first-order valence-electron chi connectivity index (χ1n) is 3.43. The van der Waals surface area contributed by atoms with E-state index in [-0.39, 0.29) is 0 Å². The lowest BCUT2D eigenvalue weighted by atomic mass is 10.3. The molecule has 0 radical (unpaired) electrons. The maximum absolute atomic E-state index is 5.71. The van der Waals surface area contributed by atoms with Crippen molar-refractivity contribution in [3.63, 3.8) is 0 Å². The molecule has 0 spiro atoms. The molecule has 0 aliphatic carbocycles. The van der Waals surface area contributed by atoms with Gasteiger partial charge in [0.05, 0.1) is 5.39 Å². The standard InChI is InChI=1S/C7H7ClN4/c1-12-6(9)4-2-3-5(8)10-7(4)11-12/h2-3H,9H2,1H3. The molecule has 0 aliphatic rings. The highest BCUT2D eigenvalue weighted by Gasteiger charge is 2.05. The van der Waals surface area contributed by atoms with E-state index >= 15 is 0 Å². The van der Waals surface area contributed by atoms with Gasteiger partial charge in [-0.05, 0) is 12.1 Å². The first-order chi connectivity index (χ1) is 5.68. The number of nitrogen functional groups attached to an aromatic ring is 1. The number of nitrogens with zero attached hydrogens (tertiary/aromatic N) is 3. The fourth-order valence-corrected chi connectivity index (χ4v) is 1.21. The summed E-state index contributed by atoms with van der Waals surface area (Å²) < 4.78 is 1.58. The van der Waals surface area contributed by atoms with Crippen LogP contribution in [-0.4, -0.2) is 14.8 Å². The van der Waals surface area contributed by atoms with Gasteiger partial charge in [-0.15, -0.1) is 0 Å². The fraction of sp³-hybridized carbons (Fsp3) is 0.143. The monoisotopic (exact) mass is 182 g/mol. The van der Waals surface area contributed by atoms with E-state index in [1.165, 1.54) is 0 Å². The Morgan fingerprint density at radius 1 is 1.50 bits per heavy atom. The highest BCUT2D eigenvalue weighted by Crippen LogP contribution is 2.19. The maximum atomic E-state index is 5.71. The van der Waals surface area contributed by atoms with Crippen LogP contribution in [0.5, 0.6) is 0 Å². The van der Waals surface area contributed by atoms with E-state index < -0.39 is 0 Å². The van der Waals surface area contributed by atoms with Crippen LogP contribution < -0.4 is 5.73 Å². The minimum absolute atomic E-state index is 0.431. The van der Waals surface area contributed by atoms with Crippen LogP contribution in [0.3, 0.4) is 0 Å². The lowest BCUT2D eigenvalue weighted by Gasteiger charge is -1.90. The molecule has 2 aromatic heterocycles. The molecule has 12 heavy (non-hydrogen) atoms. The van der Waals surface area contributed by atoms with Crippen molar-refractivity contribution >= 4 is 28.5 Å². The van der Waals surface area contributed by atoms with Gasteiger partial charge in [0.1, 0.15) is 11.0 Å². The van der Waals surface area contributed by atoms with Crippen molar-refractivity contribution in [1.29, 1.82) is 0 Å². The summed E-state index contributed by atoms with van der Waals surface area (Å²) in [7, 11) is 1.77. The van der Waals surface area contributed by atoms with Gasteiger partial charge in [-0.2, -0.15) is 5.10 Å². The first-order valence-corrected chi connectivity index (χ1v) is 3.81. The molecule has 5 heteroatoms. The smallest absolute Gasteiger partial charge is 0.184 e. The second-order valence-corrected chi connectivity index (χ2v) is 2.90. The molecule has 0 aliphatic heterocycles. The predicted octanol–water partition coefficient (Wildman–Crippen LogP) is 1.20. The Kier molecular flexibility index (Phi) is 1.44. The van der Waals surface area contributed by atoms with E-state index in [4.69, 9.17) is 17.3 Å². The van der Waals surface area contributed by atoms with Crippen molar-refractivity contribution in [3.8, 4) is 0 Å². The molecular formula is C7H7ClN4. The number of aryl methyl sites for hydroxylation is 1. The summed E-state index contributed by atoms with van der Waals surface area (Å²) in [5.41, 5.74) is 6.29. The normalized spacial score (nSPS) is 10.8. The Balaban J connectivity index is 2.87. The zero-order valence-corrected chi connectivity index (χ0v) is 7.21. The zero-order valence-electron chi connectivity index (χ0n) is 6.45. The maximum Gasteiger partial charge on any atom is 0.184 e. The molecule has 2 heterocycles. The molecule has 0 aromatic carbocycles. The number of pyridine rings is 1. The van der Waals surface area contributed by atoms with Gasteiger partial charge in [0.25, 0.3) is 0 Å². The molecule has 62 valence electrons. The van der Waals surface area contributed by atoms with Gasteiger partial charge in [0.2, 0.25) is 0 Å². The van der Waals surface area contributed by atoms with Crippen molar-refractivity contribution in [2.24, 2.45) is 7.05 Å². The second kappa shape index (κ2) is 2.35. The third-order valence-electron chi connectivity index (χ3n) is 1.71. The Morgan fingerprint density at radius 3 is 3.00 bits per heavy atom. The van der Waals surface area contributed by atoms with E-state index in [9.17, 15) is 0 Å². The lowest BCUT2D eigenvalue weighted by molar-refractivity contribution is 0.787. The van der Waals surface area contributed by atoms with E-state index in [0.717, 1.165) is 5.39 Å². The number of nitrogens with two attached hydrogens (primary N) is 1. The Labute approximate surface area is 73.9 Å². The molecule has 2 aromatic rings. The number of aromatic nitrogens is 3. The van der Waals surface area contributed by atoms with Gasteiger partial charge in [-0.25, -0.2) is 4.98 Å². The molecule has 4 nitrogen and oxygen atoms in total. The average molecular weight is 183 g/mol. The quantitative estimate of drug-likeness (QED) is 0.623. The molecule has 2 rings (SSSR count). The van der Waals surface area contributed by atoms with Crippen LogP contribution in [0.25, 0.3) is 11.0 Å².